The summed E-state index contributed by atoms with van der Waals surface area (Å²) >= 11 is 0. The van der Waals surface area contributed by atoms with Crippen LogP contribution in [0.1, 0.15) is 36.8 Å². The molecule has 1 aromatic carbocycles. The number of hydrogen-bond donors (Lipinski definition) is 0. The maximum absolute atomic E-state index is 3.35. The molecule has 0 aliphatic heterocycles. The van der Waals surface area contributed by atoms with Crippen LogP contribution in [0.5, 0.6) is 0 Å². The van der Waals surface area contributed by atoms with Gasteiger partial charge in [-0.3, -0.25) is 0 Å². The molecule has 0 heteroatoms. The zero-order chi connectivity index (χ0) is 7.68. The van der Waals surface area contributed by atoms with Gasteiger partial charge in [0.1, 0.15) is 0 Å². The first-order chi connectivity index (χ1) is 5.40. The summed E-state index contributed by atoms with van der Waals surface area (Å²) in [6.07, 6.45) is 3.88. The molecule has 0 amide bonds. The van der Waals surface area contributed by atoms with Gasteiger partial charge >= 0.3 is 0 Å². The molecule has 1 fully saturated rings. The van der Waals surface area contributed by atoms with Gasteiger partial charge in [0.2, 0.25) is 0 Å². The van der Waals surface area contributed by atoms with Gasteiger partial charge in [-0.1, -0.05) is 25.1 Å². The molecule has 1 aliphatic carbocycles. The van der Waals surface area contributed by atoms with E-state index in [1.807, 2.05) is 0 Å². The third kappa shape index (κ3) is 1.45. The molecular weight excluding hydrogens is 132 g/mol. The van der Waals surface area contributed by atoms with Gasteiger partial charge in [-0.2, -0.15) is 0 Å². The summed E-state index contributed by atoms with van der Waals surface area (Å²) in [6, 6.07) is 9.94. The summed E-state index contributed by atoms with van der Waals surface area (Å²) in [5.41, 5.74) is 2.82. The molecule has 0 aromatic heterocycles. The zero-order valence-corrected chi connectivity index (χ0v) is 6.93. The van der Waals surface area contributed by atoms with Crippen molar-refractivity contribution >= 4 is 0 Å². The van der Waals surface area contributed by atoms with Crippen molar-refractivity contribution in [3.05, 3.63) is 35.4 Å². The highest BCUT2D eigenvalue weighted by atomic mass is 14.3. The fourth-order valence-corrected chi connectivity index (χ4v) is 1.34. The van der Waals surface area contributed by atoms with Crippen LogP contribution in [0.15, 0.2) is 18.2 Å². The lowest BCUT2D eigenvalue weighted by Gasteiger charge is -1.98. The Morgan fingerprint density at radius 1 is 1.45 bits per heavy atom. The minimum Gasteiger partial charge on any atom is -0.0613 e. The molecule has 0 N–H and O–H groups in total. The predicted octanol–water partition coefficient (Wildman–Crippen LogP) is 2.93. The lowest BCUT2D eigenvalue weighted by atomic mass is 10.1. The minimum absolute atomic E-state index is 0.848. The van der Waals surface area contributed by atoms with Gasteiger partial charge in [-0.15, -0.1) is 0 Å². The average molecular weight is 145 g/mol. The van der Waals surface area contributed by atoms with Crippen molar-refractivity contribution in [3.63, 3.8) is 0 Å². The number of benzene rings is 1. The van der Waals surface area contributed by atoms with Crippen molar-refractivity contribution in [2.45, 2.75) is 32.1 Å². The molecule has 0 atom stereocenters. The summed E-state index contributed by atoms with van der Waals surface area (Å²) in [4.78, 5) is 0. The molecule has 0 saturated heterocycles. The highest BCUT2D eigenvalue weighted by molar-refractivity contribution is 5.26. The Labute approximate surface area is 68.3 Å². The van der Waals surface area contributed by atoms with E-state index in [0.717, 1.165) is 12.3 Å². The lowest BCUT2D eigenvalue weighted by Crippen LogP contribution is -1.82. The van der Waals surface area contributed by atoms with Crippen LogP contribution in [0.4, 0.5) is 0 Å². The second-order valence-corrected chi connectivity index (χ2v) is 3.28. The Morgan fingerprint density at radius 2 is 2.27 bits per heavy atom. The van der Waals surface area contributed by atoms with Crippen molar-refractivity contribution in [1.29, 1.82) is 0 Å². The van der Waals surface area contributed by atoms with E-state index < -0.39 is 0 Å². The van der Waals surface area contributed by atoms with Crippen molar-refractivity contribution in [1.82, 2.24) is 0 Å². The van der Waals surface area contributed by atoms with Crippen molar-refractivity contribution in [2.24, 2.45) is 0 Å². The molecule has 11 heavy (non-hydrogen) atoms. The van der Waals surface area contributed by atoms with Crippen LogP contribution < -0.4 is 0 Å². The number of rotatable bonds is 2. The van der Waals surface area contributed by atoms with Crippen molar-refractivity contribution in [3.8, 4) is 0 Å². The second kappa shape index (κ2) is 2.69. The van der Waals surface area contributed by atoms with Crippen LogP contribution in [0.25, 0.3) is 0 Å². The highest BCUT2D eigenvalue weighted by Gasteiger charge is 2.22. The van der Waals surface area contributed by atoms with E-state index in [0.29, 0.717) is 0 Å². The van der Waals surface area contributed by atoms with E-state index in [4.69, 9.17) is 0 Å². The Morgan fingerprint density at radius 3 is 2.73 bits per heavy atom. The fraction of sp³-hybridized carbons (Fsp3) is 0.455. The maximum atomic E-state index is 3.35. The van der Waals surface area contributed by atoms with Crippen molar-refractivity contribution < 1.29 is 0 Å². The third-order valence-corrected chi connectivity index (χ3v) is 2.33. The first-order valence-corrected chi connectivity index (χ1v) is 4.40. The maximum Gasteiger partial charge on any atom is -0.0143 e. The van der Waals surface area contributed by atoms with E-state index in [2.05, 4.69) is 31.2 Å². The minimum atomic E-state index is 0.848. The second-order valence-electron chi connectivity index (χ2n) is 3.28. The molecule has 1 saturated carbocycles. The van der Waals surface area contributed by atoms with Gasteiger partial charge in [-0.05, 0) is 42.4 Å². The highest BCUT2D eigenvalue weighted by Crippen LogP contribution is 2.39. The molecule has 0 nitrogen and oxygen atoms in total. The Bertz CT molecular complexity index is 229. The fourth-order valence-electron chi connectivity index (χ4n) is 1.34. The largest absolute Gasteiger partial charge is 0.0613 e. The molecular formula is C11H13. The van der Waals surface area contributed by atoms with Crippen LogP contribution >= 0.6 is 0 Å². The summed E-state index contributed by atoms with van der Waals surface area (Å²) in [5, 5.41) is 0. The monoisotopic (exact) mass is 145 g/mol. The molecule has 0 spiro atoms. The third-order valence-electron chi connectivity index (χ3n) is 2.33. The lowest BCUT2D eigenvalue weighted by molar-refractivity contribution is 1.09. The Balaban J connectivity index is 2.19. The summed E-state index contributed by atoms with van der Waals surface area (Å²) < 4.78 is 0. The van der Waals surface area contributed by atoms with E-state index >= 15 is 0 Å². The van der Waals surface area contributed by atoms with Gasteiger partial charge in [0, 0.05) is 0 Å². The van der Waals surface area contributed by atoms with Gasteiger partial charge in [0.25, 0.3) is 0 Å². The standard InChI is InChI=1S/C11H13/c1-2-9-3-5-10(6-4-9)11-7-8-11/h3-5,11H,2,7-8H2,1H3. The topological polar surface area (TPSA) is 0 Å². The normalized spacial score (nSPS) is 16.8. The SMILES string of the molecule is CCc1c[c]c(C2CC2)cc1. The van der Waals surface area contributed by atoms with Crippen LogP contribution in [0, 0.1) is 6.07 Å². The summed E-state index contributed by atoms with van der Waals surface area (Å²) in [5.74, 6) is 0.848. The molecule has 0 unspecified atom stereocenters. The van der Waals surface area contributed by atoms with Crippen LogP contribution in [-0.2, 0) is 6.42 Å². The molecule has 0 bridgehead atoms. The first-order valence-electron chi connectivity index (χ1n) is 4.40. The molecule has 1 radical (unpaired) electrons. The number of aryl methyl sites for hydroxylation is 1. The van der Waals surface area contributed by atoms with E-state index in [1.54, 1.807) is 0 Å². The molecule has 1 aliphatic rings. The van der Waals surface area contributed by atoms with Crippen LogP contribution in [0.3, 0.4) is 0 Å². The van der Waals surface area contributed by atoms with Crippen molar-refractivity contribution in [2.75, 3.05) is 0 Å². The quantitative estimate of drug-likeness (QED) is 0.600. The Hall–Kier alpha value is -0.780. The van der Waals surface area contributed by atoms with Gasteiger partial charge in [-0.25, -0.2) is 0 Å². The number of hydrogen-bond acceptors (Lipinski definition) is 0. The van der Waals surface area contributed by atoms with E-state index in [-0.39, 0.29) is 0 Å². The van der Waals surface area contributed by atoms with Crippen LogP contribution in [0.2, 0.25) is 0 Å². The van der Waals surface area contributed by atoms with Crippen LogP contribution in [-0.4, -0.2) is 0 Å². The summed E-state index contributed by atoms with van der Waals surface area (Å²) in [7, 11) is 0. The first kappa shape index (κ1) is 6.90. The zero-order valence-electron chi connectivity index (χ0n) is 6.93. The average Bonchev–Trinajstić information content (AvgIpc) is 2.87. The molecule has 0 heterocycles. The molecule has 2 rings (SSSR count). The van der Waals surface area contributed by atoms with Gasteiger partial charge in [0.15, 0.2) is 0 Å². The Kier molecular flexibility index (Phi) is 1.69. The molecule has 57 valence electrons. The molecule has 1 aromatic rings. The predicted molar refractivity (Wildman–Crippen MR) is 46.6 cm³/mol. The smallest absolute Gasteiger partial charge is 0.0143 e. The van der Waals surface area contributed by atoms with E-state index in [1.165, 1.54) is 24.0 Å². The van der Waals surface area contributed by atoms with Gasteiger partial charge in [0.05, 0.1) is 0 Å². The van der Waals surface area contributed by atoms with Gasteiger partial charge < -0.3 is 0 Å². The van der Waals surface area contributed by atoms with E-state index in [9.17, 15) is 0 Å². The summed E-state index contributed by atoms with van der Waals surface area (Å²) in [6.45, 7) is 2.18.